The molecule has 1 fully saturated rings. The molecule has 4 amide bonds. The van der Waals surface area contributed by atoms with Crippen molar-refractivity contribution in [2.75, 3.05) is 12.0 Å². The Morgan fingerprint density at radius 1 is 0.944 bits per heavy atom. The lowest BCUT2D eigenvalue weighted by atomic mass is 10.1. The van der Waals surface area contributed by atoms with Gasteiger partial charge in [0.2, 0.25) is 0 Å². The van der Waals surface area contributed by atoms with Crippen molar-refractivity contribution in [1.29, 1.82) is 0 Å². The Morgan fingerprint density at radius 3 is 2.39 bits per heavy atom. The van der Waals surface area contributed by atoms with Gasteiger partial charge in [-0.15, -0.1) is 0 Å². The Labute approximate surface area is 223 Å². The summed E-state index contributed by atoms with van der Waals surface area (Å²) in [5.41, 5.74) is 5.00. The summed E-state index contributed by atoms with van der Waals surface area (Å²) in [4.78, 5) is 39.3. The van der Waals surface area contributed by atoms with Crippen molar-refractivity contribution in [2.45, 2.75) is 27.4 Å². The average molecular weight is 596 g/mol. The van der Waals surface area contributed by atoms with E-state index in [1.807, 2.05) is 12.1 Å². The van der Waals surface area contributed by atoms with Gasteiger partial charge >= 0.3 is 6.03 Å². The number of hydrogen-bond donors (Lipinski definition) is 1. The van der Waals surface area contributed by atoms with E-state index < -0.39 is 17.8 Å². The number of ether oxygens (including phenoxy) is 2. The fraction of sp³-hybridized carbons (Fsp3) is 0.179. The van der Waals surface area contributed by atoms with Gasteiger partial charge in [-0.2, -0.15) is 0 Å². The minimum Gasteiger partial charge on any atom is -0.493 e. The summed E-state index contributed by atoms with van der Waals surface area (Å²) in [5.74, 6) is -0.413. The molecule has 0 saturated carbocycles. The van der Waals surface area contributed by atoms with Gasteiger partial charge in [0.25, 0.3) is 11.8 Å². The number of benzene rings is 3. The lowest BCUT2D eigenvalue weighted by molar-refractivity contribution is -0.122. The Morgan fingerprint density at radius 2 is 1.69 bits per heavy atom. The molecule has 0 atom stereocenters. The number of amides is 4. The zero-order valence-corrected chi connectivity index (χ0v) is 22.5. The third-order valence-electron chi connectivity index (χ3n) is 5.98. The molecular weight excluding hydrogens is 571 g/mol. The summed E-state index contributed by atoms with van der Waals surface area (Å²) in [5, 5.41) is 2.26. The number of aryl methyl sites for hydroxylation is 3. The van der Waals surface area contributed by atoms with Crippen LogP contribution in [0.5, 0.6) is 11.5 Å². The number of barbiturate groups is 1. The Hall–Kier alpha value is -3.66. The molecule has 3 aromatic rings. The minimum absolute atomic E-state index is 0.153. The quantitative estimate of drug-likeness (QED) is 0.232. The van der Waals surface area contributed by atoms with Crippen LogP contribution in [0, 0.1) is 24.3 Å². The van der Waals surface area contributed by atoms with Crippen LogP contribution in [0.3, 0.4) is 0 Å². The van der Waals surface area contributed by atoms with Crippen LogP contribution in [0.1, 0.15) is 27.8 Å². The Bertz CT molecular complexity index is 1410. The predicted octanol–water partition coefficient (Wildman–Crippen LogP) is 5.47. The number of imide groups is 2. The fourth-order valence-corrected chi connectivity index (χ4v) is 4.65. The van der Waals surface area contributed by atoms with Gasteiger partial charge in [0, 0.05) is 0 Å². The zero-order valence-electron chi connectivity index (χ0n) is 20.3. The number of rotatable bonds is 6. The maximum Gasteiger partial charge on any atom is 0.335 e. The number of urea groups is 1. The SMILES string of the molecule is COc1cc(/C=C2\C(=O)NC(=O)N(c3ccccc3C)C2=O)cc(I)c1OCc1ccc(C)c(C)c1. The monoisotopic (exact) mass is 596 g/mol. The lowest BCUT2D eigenvalue weighted by Gasteiger charge is -2.27. The zero-order chi connectivity index (χ0) is 26.0. The number of methoxy groups -OCH3 is 1. The molecule has 0 unspecified atom stereocenters. The van der Waals surface area contributed by atoms with Crippen LogP contribution in [-0.2, 0) is 16.2 Å². The first-order chi connectivity index (χ1) is 17.2. The first-order valence-electron chi connectivity index (χ1n) is 11.2. The standard InChI is InChI=1S/C28H25IN2O5/c1-16-9-10-19(11-18(16)3)15-36-25-22(29)13-20(14-24(25)35-4)12-21-26(32)30-28(34)31(27(21)33)23-8-6-5-7-17(23)2/h5-14H,15H2,1-4H3,(H,30,32,34)/b21-12+. The van der Waals surface area contributed by atoms with Gasteiger partial charge in [-0.05, 0) is 95.5 Å². The van der Waals surface area contributed by atoms with Crippen LogP contribution >= 0.6 is 22.6 Å². The summed E-state index contributed by atoms with van der Waals surface area (Å²) < 4.78 is 12.4. The number of hydrogen-bond acceptors (Lipinski definition) is 5. The molecule has 8 heteroatoms. The molecule has 0 radical (unpaired) electrons. The second kappa shape index (κ2) is 10.5. The molecule has 0 aromatic heterocycles. The van der Waals surface area contributed by atoms with Gasteiger partial charge in [0.15, 0.2) is 11.5 Å². The molecule has 0 bridgehead atoms. The van der Waals surface area contributed by atoms with Crippen LogP contribution in [0.25, 0.3) is 6.08 Å². The van der Waals surface area contributed by atoms with E-state index in [-0.39, 0.29) is 5.57 Å². The van der Waals surface area contributed by atoms with E-state index in [1.54, 1.807) is 37.3 Å². The third-order valence-corrected chi connectivity index (χ3v) is 6.78. The number of carbonyl (C=O) groups excluding carboxylic acids is 3. The maximum absolute atomic E-state index is 13.2. The van der Waals surface area contributed by atoms with E-state index in [9.17, 15) is 14.4 Å². The van der Waals surface area contributed by atoms with Gasteiger partial charge in [0.05, 0.1) is 16.4 Å². The second-order valence-electron chi connectivity index (χ2n) is 8.49. The molecule has 0 spiro atoms. The number of nitrogens with zero attached hydrogens (tertiary/aromatic N) is 1. The first kappa shape index (κ1) is 25.4. The predicted molar refractivity (Wildman–Crippen MR) is 146 cm³/mol. The molecule has 4 rings (SSSR count). The van der Waals surface area contributed by atoms with Crippen molar-refractivity contribution in [2.24, 2.45) is 0 Å². The summed E-state index contributed by atoms with van der Waals surface area (Å²) in [6.45, 7) is 6.27. The van der Waals surface area contributed by atoms with Crippen LogP contribution in [0.4, 0.5) is 10.5 Å². The van der Waals surface area contributed by atoms with E-state index in [4.69, 9.17) is 9.47 Å². The lowest BCUT2D eigenvalue weighted by Crippen LogP contribution is -2.54. The summed E-state index contributed by atoms with van der Waals surface area (Å²) in [6, 6.07) is 15.9. The van der Waals surface area contributed by atoms with Gasteiger partial charge in [-0.25, -0.2) is 9.69 Å². The molecule has 1 N–H and O–H groups in total. The normalized spacial score (nSPS) is 14.8. The Balaban J connectivity index is 1.64. The van der Waals surface area contributed by atoms with E-state index in [1.165, 1.54) is 24.3 Å². The van der Waals surface area contributed by atoms with Crippen molar-refractivity contribution in [3.63, 3.8) is 0 Å². The van der Waals surface area contributed by atoms with Crippen LogP contribution < -0.4 is 19.7 Å². The van der Waals surface area contributed by atoms with Gasteiger partial charge in [0.1, 0.15) is 12.2 Å². The highest BCUT2D eigenvalue weighted by Gasteiger charge is 2.37. The highest BCUT2D eigenvalue weighted by atomic mass is 127. The Kier molecular flexibility index (Phi) is 7.44. The van der Waals surface area contributed by atoms with Crippen molar-refractivity contribution < 1.29 is 23.9 Å². The molecule has 1 aliphatic rings. The molecule has 7 nitrogen and oxygen atoms in total. The molecule has 184 valence electrons. The maximum atomic E-state index is 13.2. The topological polar surface area (TPSA) is 84.9 Å². The number of para-hydroxylation sites is 1. The molecule has 1 aliphatic heterocycles. The number of halogens is 1. The smallest absolute Gasteiger partial charge is 0.335 e. The largest absolute Gasteiger partial charge is 0.493 e. The van der Waals surface area contributed by atoms with Crippen LogP contribution in [0.2, 0.25) is 0 Å². The average Bonchev–Trinajstić information content (AvgIpc) is 2.84. The van der Waals surface area contributed by atoms with E-state index in [2.05, 4.69) is 53.9 Å². The van der Waals surface area contributed by atoms with Crippen molar-refractivity contribution >= 4 is 52.2 Å². The third kappa shape index (κ3) is 5.13. The number of anilines is 1. The van der Waals surface area contributed by atoms with Gasteiger partial charge < -0.3 is 9.47 Å². The fourth-order valence-electron chi connectivity index (χ4n) is 3.87. The molecule has 1 heterocycles. The minimum atomic E-state index is -0.779. The highest BCUT2D eigenvalue weighted by Crippen LogP contribution is 2.36. The number of carbonyl (C=O) groups is 3. The van der Waals surface area contributed by atoms with E-state index in [0.717, 1.165) is 19.6 Å². The summed E-state index contributed by atoms with van der Waals surface area (Å²) in [7, 11) is 1.53. The number of nitrogens with one attached hydrogen (secondary N) is 1. The summed E-state index contributed by atoms with van der Waals surface area (Å²) >= 11 is 2.13. The van der Waals surface area contributed by atoms with Crippen molar-refractivity contribution in [3.05, 3.63) is 91.6 Å². The highest BCUT2D eigenvalue weighted by molar-refractivity contribution is 14.1. The van der Waals surface area contributed by atoms with Crippen molar-refractivity contribution in [3.8, 4) is 11.5 Å². The van der Waals surface area contributed by atoms with Crippen LogP contribution in [-0.4, -0.2) is 25.0 Å². The molecule has 0 aliphatic carbocycles. The van der Waals surface area contributed by atoms with E-state index >= 15 is 0 Å². The first-order valence-corrected chi connectivity index (χ1v) is 12.3. The van der Waals surface area contributed by atoms with Crippen LogP contribution in [0.15, 0.2) is 60.2 Å². The van der Waals surface area contributed by atoms with Gasteiger partial charge in [-0.1, -0.05) is 36.4 Å². The molecular formula is C28H25IN2O5. The second-order valence-corrected chi connectivity index (χ2v) is 9.65. The van der Waals surface area contributed by atoms with E-state index in [0.29, 0.717) is 29.4 Å². The van der Waals surface area contributed by atoms with Crippen molar-refractivity contribution in [1.82, 2.24) is 5.32 Å². The molecule has 36 heavy (non-hydrogen) atoms. The van der Waals surface area contributed by atoms with Gasteiger partial charge in [-0.3, -0.25) is 14.9 Å². The summed E-state index contributed by atoms with van der Waals surface area (Å²) in [6.07, 6.45) is 1.45. The molecule has 3 aromatic carbocycles. The molecule has 1 saturated heterocycles.